The van der Waals surface area contributed by atoms with Crippen LogP contribution in [0.25, 0.3) is 0 Å². The number of Topliss-reactive ketones (excluding diaryl/α,β-unsaturated/α-hetero) is 1. The van der Waals surface area contributed by atoms with Crippen molar-refractivity contribution in [2.75, 3.05) is 13.2 Å². The minimum absolute atomic E-state index is 0.000781. The number of aliphatic hydroxyl groups is 1. The number of hydrogen-bond donors (Lipinski definition) is 1. The largest absolute Gasteiger partial charge is 0.393 e. The summed E-state index contributed by atoms with van der Waals surface area (Å²) in [6.07, 6.45) is 8.09. The number of carbonyl (C=O) groups excluding carboxylic acids is 2. The molecule has 0 aromatic heterocycles. The molecule has 6 heteroatoms. The van der Waals surface area contributed by atoms with Gasteiger partial charge in [0.15, 0.2) is 11.6 Å². The molecule has 0 aromatic rings. The van der Waals surface area contributed by atoms with E-state index in [0.717, 1.165) is 32.1 Å². The Labute approximate surface area is 197 Å². The van der Waals surface area contributed by atoms with Crippen LogP contribution in [0, 0.1) is 28.6 Å². The molecule has 1 unspecified atom stereocenters. The summed E-state index contributed by atoms with van der Waals surface area (Å²) < 4.78 is 18.6. The SMILES string of the molecule is CCCC1(OCC)OCC(=O)[C@]2(CC[C@H]3[C@@H]4CCC5=CC(=O)CC[C@]5(C)[C@H]4[C@@H](O)C[C@@]32C)O1. The molecular weight excluding hydrogens is 420 g/mol. The van der Waals surface area contributed by atoms with Gasteiger partial charge < -0.3 is 19.3 Å². The monoisotopic (exact) mass is 460 g/mol. The topological polar surface area (TPSA) is 82.1 Å². The Kier molecular flexibility index (Phi) is 5.71. The highest BCUT2D eigenvalue weighted by Gasteiger charge is 2.72. The van der Waals surface area contributed by atoms with Gasteiger partial charge in [0.05, 0.1) is 6.10 Å². The average Bonchev–Trinajstić information content (AvgIpc) is 3.04. The van der Waals surface area contributed by atoms with Crippen LogP contribution in [0.3, 0.4) is 0 Å². The molecule has 0 radical (unpaired) electrons. The first-order valence-electron chi connectivity index (χ1n) is 13.1. The van der Waals surface area contributed by atoms with Gasteiger partial charge in [-0.3, -0.25) is 9.59 Å². The average molecular weight is 461 g/mol. The predicted octanol–water partition coefficient (Wildman–Crippen LogP) is 4.33. The van der Waals surface area contributed by atoms with E-state index < -0.39 is 23.1 Å². The number of hydrogen-bond acceptors (Lipinski definition) is 6. The third-order valence-corrected chi connectivity index (χ3v) is 10.1. The number of allylic oxidation sites excluding steroid dienone is 1. The van der Waals surface area contributed by atoms with Crippen molar-refractivity contribution >= 4 is 11.6 Å². The zero-order valence-electron chi connectivity index (χ0n) is 20.7. The number of ketones is 2. The number of carbonyl (C=O) groups is 2. The van der Waals surface area contributed by atoms with Crippen LogP contribution < -0.4 is 0 Å². The molecule has 3 saturated carbocycles. The predicted molar refractivity (Wildman–Crippen MR) is 122 cm³/mol. The second kappa shape index (κ2) is 7.97. The number of rotatable bonds is 4. The molecule has 33 heavy (non-hydrogen) atoms. The number of aliphatic hydroxyl groups excluding tert-OH is 1. The first-order valence-corrected chi connectivity index (χ1v) is 13.1. The molecular formula is C27H40O6. The quantitative estimate of drug-likeness (QED) is 0.672. The highest BCUT2D eigenvalue weighted by molar-refractivity contribution is 5.92. The van der Waals surface area contributed by atoms with Crippen LogP contribution in [0.4, 0.5) is 0 Å². The van der Waals surface area contributed by atoms with E-state index in [0.29, 0.717) is 44.1 Å². The van der Waals surface area contributed by atoms with Crippen molar-refractivity contribution in [3.63, 3.8) is 0 Å². The Bertz CT molecular complexity index is 859. The van der Waals surface area contributed by atoms with Gasteiger partial charge in [0.1, 0.15) is 12.2 Å². The van der Waals surface area contributed by atoms with Gasteiger partial charge in [-0.15, -0.1) is 0 Å². The lowest BCUT2D eigenvalue weighted by Gasteiger charge is -2.62. The van der Waals surface area contributed by atoms with Gasteiger partial charge >= 0.3 is 0 Å². The van der Waals surface area contributed by atoms with Crippen LogP contribution in [-0.4, -0.2) is 47.6 Å². The molecule has 0 aromatic carbocycles. The van der Waals surface area contributed by atoms with Gasteiger partial charge in [-0.05, 0) is 81.1 Å². The van der Waals surface area contributed by atoms with Gasteiger partial charge in [0.2, 0.25) is 0 Å². The highest BCUT2D eigenvalue weighted by Crippen LogP contribution is 2.69. The molecule has 1 heterocycles. The van der Waals surface area contributed by atoms with E-state index in [9.17, 15) is 14.7 Å². The zero-order chi connectivity index (χ0) is 23.6. The summed E-state index contributed by atoms with van der Waals surface area (Å²) in [4.78, 5) is 25.7. The number of fused-ring (bicyclic) bond motifs is 6. The van der Waals surface area contributed by atoms with E-state index in [2.05, 4.69) is 20.8 Å². The second-order valence-electron chi connectivity index (χ2n) is 11.6. The van der Waals surface area contributed by atoms with Crippen LogP contribution in [0.15, 0.2) is 11.6 Å². The molecule has 1 saturated heterocycles. The Morgan fingerprint density at radius 3 is 2.67 bits per heavy atom. The van der Waals surface area contributed by atoms with Crippen molar-refractivity contribution < 1.29 is 28.9 Å². The summed E-state index contributed by atoms with van der Waals surface area (Å²) in [6, 6.07) is 0. The van der Waals surface area contributed by atoms with E-state index in [1.165, 1.54) is 5.57 Å². The minimum Gasteiger partial charge on any atom is -0.393 e. The van der Waals surface area contributed by atoms with Crippen molar-refractivity contribution in [1.29, 1.82) is 0 Å². The van der Waals surface area contributed by atoms with Crippen LogP contribution in [0.2, 0.25) is 0 Å². The summed E-state index contributed by atoms with van der Waals surface area (Å²) in [7, 11) is 0. The van der Waals surface area contributed by atoms with Gasteiger partial charge in [0, 0.05) is 24.9 Å². The second-order valence-corrected chi connectivity index (χ2v) is 11.6. The molecule has 0 amide bonds. The molecule has 1 spiro atoms. The first kappa shape index (κ1) is 23.7. The standard InChI is InChI=1S/C27H40O6/c1-5-11-27(31-6-2)32-16-22(30)26(33-27)13-10-20-19-8-7-17-14-18(28)9-12-24(17,3)23(19)21(29)15-25(20,26)4/h14,19-21,23,29H,5-13,15-16H2,1-4H3/t19-,20-,21-,23+,24-,25-,26-,27?/m0/s1. The molecule has 4 aliphatic carbocycles. The molecule has 1 N–H and O–H groups in total. The van der Waals surface area contributed by atoms with Gasteiger partial charge in [-0.1, -0.05) is 26.3 Å². The maximum Gasteiger partial charge on any atom is 0.284 e. The smallest absolute Gasteiger partial charge is 0.284 e. The fourth-order valence-electron chi connectivity index (χ4n) is 8.74. The third-order valence-electron chi connectivity index (χ3n) is 10.1. The van der Waals surface area contributed by atoms with Crippen molar-refractivity contribution in [3.8, 4) is 0 Å². The molecule has 1 aliphatic heterocycles. The first-order chi connectivity index (χ1) is 15.6. The maximum atomic E-state index is 13.5. The lowest BCUT2D eigenvalue weighted by molar-refractivity contribution is -0.431. The van der Waals surface area contributed by atoms with Crippen LogP contribution >= 0.6 is 0 Å². The van der Waals surface area contributed by atoms with Crippen LogP contribution in [-0.2, 0) is 23.8 Å². The summed E-state index contributed by atoms with van der Waals surface area (Å²) in [6.45, 7) is 8.87. The normalized spacial score (nSPS) is 49.4. The lowest BCUT2D eigenvalue weighted by atomic mass is 9.45. The molecule has 6 nitrogen and oxygen atoms in total. The Hall–Kier alpha value is -1.08. The summed E-state index contributed by atoms with van der Waals surface area (Å²) in [5.74, 6) is -0.225. The van der Waals surface area contributed by atoms with Crippen molar-refractivity contribution in [1.82, 2.24) is 0 Å². The van der Waals surface area contributed by atoms with E-state index >= 15 is 0 Å². The van der Waals surface area contributed by atoms with Crippen molar-refractivity contribution in [2.24, 2.45) is 28.6 Å². The Balaban J connectivity index is 1.52. The Morgan fingerprint density at radius 1 is 1.15 bits per heavy atom. The van der Waals surface area contributed by atoms with Crippen molar-refractivity contribution in [2.45, 2.75) is 103 Å². The summed E-state index contributed by atoms with van der Waals surface area (Å²) in [5, 5.41) is 11.7. The fourth-order valence-corrected chi connectivity index (χ4v) is 8.74. The van der Waals surface area contributed by atoms with Crippen molar-refractivity contribution in [3.05, 3.63) is 11.6 Å². The molecule has 4 fully saturated rings. The molecule has 8 atom stereocenters. The van der Waals surface area contributed by atoms with Gasteiger partial charge in [-0.2, -0.15) is 0 Å². The third kappa shape index (κ3) is 3.20. The van der Waals surface area contributed by atoms with Gasteiger partial charge in [-0.25, -0.2) is 0 Å². The van der Waals surface area contributed by atoms with Gasteiger partial charge in [0.25, 0.3) is 5.97 Å². The fraction of sp³-hybridized carbons (Fsp3) is 0.852. The van der Waals surface area contributed by atoms with E-state index in [-0.39, 0.29) is 29.5 Å². The number of ether oxygens (including phenoxy) is 3. The van der Waals surface area contributed by atoms with E-state index in [1.54, 1.807) is 0 Å². The van der Waals surface area contributed by atoms with E-state index in [1.807, 2.05) is 13.0 Å². The minimum atomic E-state index is -1.19. The van der Waals surface area contributed by atoms with Crippen LogP contribution in [0.5, 0.6) is 0 Å². The maximum absolute atomic E-state index is 13.5. The Morgan fingerprint density at radius 2 is 1.94 bits per heavy atom. The molecule has 5 rings (SSSR count). The zero-order valence-corrected chi connectivity index (χ0v) is 20.7. The summed E-state index contributed by atoms with van der Waals surface area (Å²) in [5.41, 5.74) is -0.351. The van der Waals surface area contributed by atoms with E-state index in [4.69, 9.17) is 14.2 Å². The highest BCUT2D eigenvalue weighted by atomic mass is 16.9. The molecule has 5 aliphatic rings. The lowest BCUT2D eigenvalue weighted by Crippen LogP contribution is -2.67. The molecule has 0 bridgehead atoms. The van der Waals surface area contributed by atoms with Crippen LogP contribution in [0.1, 0.15) is 85.5 Å². The molecule has 184 valence electrons. The summed E-state index contributed by atoms with van der Waals surface area (Å²) >= 11 is 0.